The molecule has 3 saturated carbocycles. The van der Waals surface area contributed by atoms with Crippen LogP contribution in [0.2, 0.25) is 0 Å². The molecule has 1 N–H and O–H groups in total. The monoisotopic (exact) mass is 543 g/mol. The molecular weight excluding hydrogens is 512 g/mol. The highest BCUT2D eigenvalue weighted by Gasteiger charge is 2.63. The van der Waals surface area contributed by atoms with Crippen LogP contribution >= 0.6 is 0 Å². The number of hydrogen-bond acceptors (Lipinski definition) is 3. The quantitative estimate of drug-likeness (QED) is 0.316. The lowest BCUT2D eigenvalue weighted by Crippen LogP contribution is -2.58. The Kier molecular flexibility index (Phi) is 6.23. The Balaban J connectivity index is 1.42. The molecule has 0 saturated heterocycles. The highest BCUT2D eigenvalue weighted by molar-refractivity contribution is 5.94. The van der Waals surface area contributed by atoms with Gasteiger partial charge >= 0.3 is 18.3 Å². The zero-order valence-electron chi connectivity index (χ0n) is 21.4. The van der Waals surface area contributed by atoms with E-state index >= 15 is 0 Å². The lowest BCUT2D eigenvalue weighted by molar-refractivity contribution is -0.175. The smallest absolute Gasteiger partial charge is 0.418 e. The van der Waals surface area contributed by atoms with Gasteiger partial charge in [0.2, 0.25) is 5.91 Å². The van der Waals surface area contributed by atoms with E-state index in [-0.39, 0.29) is 41.2 Å². The maximum absolute atomic E-state index is 13.6. The molecule has 4 aliphatic rings. The van der Waals surface area contributed by atoms with E-state index in [0.717, 1.165) is 6.42 Å². The van der Waals surface area contributed by atoms with Crippen LogP contribution in [0.15, 0.2) is 30.4 Å². The topological polar surface area (TPSA) is 55.4 Å². The van der Waals surface area contributed by atoms with E-state index in [0.29, 0.717) is 43.9 Å². The summed E-state index contributed by atoms with van der Waals surface area (Å²) < 4.78 is 86.3. The summed E-state index contributed by atoms with van der Waals surface area (Å²) >= 11 is 0. The fraction of sp³-hybridized carbons (Fsp3) is 0.643. The summed E-state index contributed by atoms with van der Waals surface area (Å²) in [7, 11) is 0. The SMILES string of the molecule is CC1CC2OC(=O)C=C[C@]2(C)[C@@H]2CC[C@]3(C)C(C(=O)Nc4cc(C(F)(F)F)ccc4C(F)(F)F)CC[C@H]3[C@H]12. The van der Waals surface area contributed by atoms with E-state index in [1.54, 1.807) is 0 Å². The third kappa shape index (κ3) is 4.22. The molecule has 1 aromatic rings. The first-order valence-corrected chi connectivity index (χ1v) is 13.0. The van der Waals surface area contributed by atoms with E-state index in [2.05, 4.69) is 19.2 Å². The molecule has 3 unspecified atom stereocenters. The van der Waals surface area contributed by atoms with E-state index in [4.69, 9.17) is 4.74 Å². The summed E-state index contributed by atoms with van der Waals surface area (Å²) in [5, 5.41) is 2.24. The highest BCUT2D eigenvalue weighted by Crippen LogP contribution is 2.66. The van der Waals surface area contributed by atoms with Crippen molar-refractivity contribution in [3.8, 4) is 0 Å². The van der Waals surface area contributed by atoms with Crippen molar-refractivity contribution in [2.75, 3.05) is 5.32 Å². The van der Waals surface area contributed by atoms with Crippen LogP contribution < -0.4 is 5.32 Å². The molecule has 208 valence electrons. The van der Waals surface area contributed by atoms with Gasteiger partial charge in [0.15, 0.2) is 0 Å². The minimum absolute atomic E-state index is 0.124. The predicted molar refractivity (Wildman–Crippen MR) is 127 cm³/mol. The second-order valence-electron chi connectivity index (χ2n) is 12.0. The second kappa shape index (κ2) is 8.74. The molecule has 1 heterocycles. The Morgan fingerprint density at radius 2 is 1.74 bits per heavy atom. The molecule has 8 atom stereocenters. The largest absolute Gasteiger partial charge is 0.458 e. The van der Waals surface area contributed by atoms with Crippen LogP contribution in [-0.4, -0.2) is 18.0 Å². The minimum Gasteiger partial charge on any atom is -0.458 e. The number of carbonyl (C=O) groups excluding carboxylic acids is 2. The zero-order valence-corrected chi connectivity index (χ0v) is 21.4. The van der Waals surface area contributed by atoms with Crippen LogP contribution in [0.4, 0.5) is 32.0 Å². The van der Waals surface area contributed by atoms with Crippen molar-refractivity contribution in [3.05, 3.63) is 41.5 Å². The predicted octanol–water partition coefficient (Wildman–Crippen LogP) is 7.25. The summed E-state index contributed by atoms with van der Waals surface area (Å²) in [6.45, 7) is 6.23. The first-order valence-electron chi connectivity index (χ1n) is 13.0. The molecule has 1 aliphatic heterocycles. The van der Waals surface area contributed by atoms with Crippen molar-refractivity contribution in [2.24, 2.45) is 40.4 Å². The van der Waals surface area contributed by atoms with Crippen LogP contribution in [0.25, 0.3) is 0 Å². The van der Waals surface area contributed by atoms with Gasteiger partial charge in [-0.05, 0) is 79.4 Å². The Hall–Kier alpha value is -2.52. The number of benzene rings is 1. The van der Waals surface area contributed by atoms with Crippen LogP contribution in [0, 0.1) is 40.4 Å². The number of halogens is 6. The fourth-order valence-electron chi connectivity index (χ4n) is 8.26. The van der Waals surface area contributed by atoms with Crippen LogP contribution in [0.1, 0.15) is 64.0 Å². The van der Waals surface area contributed by atoms with Gasteiger partial charge in [0, 0.05) is 17.4 Å². The summed E-state index contributed by atoms with van der Waals surface area (Å²) in [5.41, 5.74) is -4.25. The number of carbonyl (C=O) groups is 2. The number of fused-ring (bicyclic) bond motifs is 5. The van der Waals surface area contributed by atoms with Crippen molar-refractivity contribution in [2.45, 2.75) is 71.3 Å². The van der Waals surface area contributed by atoms with Crippen LogP contribution in [0.5, 0.6) is 0 Å². The standard InChI is InChI=1S/C28H31F6NO3/c1-14-12-21-26(3,11-9-22(36)38-21)18-8-10-25(2)17(23(14)18)6-7-19(25)24(37)35-20-13-15(27(29,30)31)4-5-16(20)28(32,33)34/h4-5,9,11,13-14,17-19,21,23H,6-8,10,12H2,1-3H3,(H,35,37)/t14?,17-,18+,19?,21?,23-,25-,26+/m0/s1. The van der Waals surface area contributed by atoms with Gasteiger partial charge in [0.1, 0.15) is 6.10 Å². The summed E-state index contributed by atoms with van der Waals surface area (Å²) in [4.78, 5) is 25.4. The Morgan fingerprint density at radius 1 is 1.03 bits per heavy atom. The van der Waals surface area contributed by atoms with Gasteiger partial charge < -0.3 is 10.1 Å². The minimum atomic E-state index is -4.92. The number of ether oxygens (including phenoxy) is 1. The van der Waals surface area contributed by atoms with Crippen LogP contribution in [-0.2, 0) is 26.7 Å². The van der Waals surface area contributed by atoms with Gasteiger partial charge in [-0.1, -0.05) is 26.8 Å². The van der Waals surface area contributed by atoms with Crippen LogP contribution in [0.3, 0.4) is 0 Å². The number of nitrogens with one attached hydrogen (secondary N) is 1. The maximum Gasteiger partial charge on any atom is 0.418 e. The summed E-state index contributed by atoms with van der Waals surface area (Å²) in [5.74, 6) is -0.846. The molecule has 3 aliphatic carbocycles. The molecule has 0 spiro atoms. The Bertz CT molecular complexity index is 1180. The van der Waals surface area contributed by atoms with E-state index < -0.39 is 46.4 Å². The molecular formula is C28H31F6NO3. The Labute approximate surface area is 217 Å². The third-order valence-corrected chi connectivity index (χ3v) is 10.1. The van der Waals surface area contributed by atoms with Crippen molar-refractivity contribution in [3.63, 3.8) is 0 Å². The van der Waals surface area contributed by atoms with Gasteiger partial charge in [-0.15, -0.1) is 0 Å². The average molecular weight is 544 g/mol. The van der Waals surface area contributed by atoms with Gasteiger partial charge in [0.25, 0.3) is 0 Å². The first-order chi connectivity index (χ1) is 17.6. The molecule has 10 heteroatoms. The lowest BCUT2D eigenvalue weighted by atomic mass is 9.46. The molecule has 1 amide bonds. The van der Waals surface area contributed by atoms with E-state index in [1.165, 1.54) is 6.08 Å². The maximum atomic E-state index is 13.6. The lowest BCUT2D eigenvalue weighted by Gasteiger charge is -2.60. The zero-order chi connectivity index (χ0) is 27.8. The molecule has 0 aromatic heterocycles. The molecule has 0 radical (unpaired) electrons. The second-order valence-corrected chi connectivity index (χ2v) is 12.0. The highest BCUT2D eigenvalue weighted by atomic mass is 19.4. The van der Waals surface area contributed by atoms with Gasteiger partial charge in [0.05, 0.1) is 16.8 Å². The van der Waals surface area contributed by atoms with Crippen molar-refractivity contribution in [1.82, 2.24) is 0 Å². The van der Waals surface area contributed by atoms with Crippen molar-refractivity contribution < 1.29 is 40.7 Å². The van der Waals surface area contributed by atoms with Gasteiger partial charge in [-0.25, -0.2) is 4.79 Å². The molecule has 5 rings (SSSR count). The molecule has 0 bridgehead atoms. The van der Waals surface area contributed by atoms with Crippen molar-refractivity contribution in [1.29, 1.82) is 0 Å². The van der Waals surface area contributed by atoms with Gasteiger partial charge in [-0.2, -0.15) is 26.3 Å². The molecule has 38 heavy (non-hydrogen) atoms. The average Bonchev–Trinajstić information content (AvgIpc) is 3.16. The molecule has 1 aromatic carbocycles. The number of amides is 1. The number of rotatable bonds is 2. The third-order valence-electron chi connectivity index (χ3n) is 10.1. The van der Waals surface area contributed by atoms with E-state index in [9.17, 15) is 35.9 Å². The first kappa shape index (κ1) is 27.1. The summed E-state index contributed by atoms with van der Waals surface area (Å²) in [6.07, 6.45) is -3.28. The summed E-state index contributed by atoms with van der Waals surface area (Å²) in [6, 6.07) is 1.11. The normalized spacial score (nSPS) is 38.6. The Morgan fingerprint density at radius 3 is 2.39 bits per heavy atom. The van der Waals surface area contributed by atoms with Gasteiger partial charge in [-0.3, -0.25) is 4.79 Å². The van der Waals surface area contributed by atoms with E-state index in [1.807, 2.05) is 13.0 Å². The number of alkyl halides is 6. The molecule has 4 nitrogen and oxygen atoms in total. The number of hydrogen-bond donors (Lipinski definition) is 1. The van der Waals surface area contributed by atoms with Crippen molar-refractivity contribution >= 4 is 17.6 Å². The molecule has 3 fully saturated rings. The number of esters is 1. The number of anilines is 1. The fourth-order valence-corrected chi connectivity index (χ4v) is 8.26.